The minimum absolute atomic E-state index is 0.246. The van der Waals surface area contributed by atoms with Crippen LogP contribution < -0.4 is 11.1 Å². The van der Waals surface area contributed by atoms with Crippen molar-refractivity contribution in [3.8, 4) is 21.7 Å². The molecule has 0 bridgehead atoms. The van der Waals surface area contributed by atoms with E-state index in [1.54, 1.807) is 48.6 Å². The van der Waals surface area contributed by atoms with Crippen LogP contribution in [-0.2, 0) is 6.54 Å². The van der Waals surface area contributed by atoms with Crippen molar-refractivity contribution in [1.29, 1.82) is 0 Å². The highest BCUT2D eigenvalue weighted by molar-refractivity contribution is 7.13. The van der Waals surface area contributed by atoms with Crippen LogP contribution in [0.2, 0.25) is 0 Å². The molecule has 0 aliphatic heterocycles. The number of primary amides is 1. The van der Waals surface area contributed by atoms with Gasteiger partial charge in [-0.2, -0.15) is 5.10 Å². The third-order valence-corrected chi connectivity index (χ3v) is 6.76. The Hall–Kier alpha value is -4.48. The highest BCUT2D eigenvalue weighted by atomic mass is 32.1. The molecule has 10 nitrogen and oxygen atoms in total. The fourth-order valence-corrected chi connectivity index (χ4v) is 4.67. The number of nitrogens with zero attached hydrogens (tertiary/aromatic N) is 5. The van der Waals surface area contributed by atoms with Crippen LogP contribution in [0.1, 0.15) is 41.1 Å². The van der Waals surface area contributed by atoms with E-state index >= 15 is 0 Å². The van der Waals surface area contributed by atoms with Crippen LogP contribution in [0.3, 0.4) is 0 Å². The number of benzene rings is 1. The number of aryl methyl sites for hydroxylation is 1. The fourth-order valence-electron chi connectivity index (χ4n) is 3.88. The Labute approximate surface area is 222 Å². The summed E-state index contributed by atoms with van der Waals surface area (Å²) in [6.45, 7) is 4.02. The number of nitrogens with one attached hydrogen (secondary N) is 1. The molecule has 0 aliphatic carbocycles. The van der Waals surface area contributed by atoms with Crippen molar-refractivity contribution in [1.82, 2.24) is 24.7 Å². The molecule has 0 unspecified atom stereocenters. The molecule has 38 heavy (non-hydrogen) atoms. The second kappa shape index (κ2) is 10.1. The molecule has 4 N–H and O–H groups in total. The third kappa shape index (κ3) is 5.58. The lowest BCUT2D eigenvalue weighted by Gasteiger charge is -2.16. The van der Waals surface area contributed by atoms with Gasteiger partial charge in [-0.25, -0.2) is 4.98 Å². The second-order valence-corrected chi connectivity index (χ2v) is 10.3. The van der Waals surface area contributed by atoms with E-state index in [0.717, 1.165) is 10.9 Å². The molecule has 5 rings (SSSR count). The molecule has 0 radical (unpaired) electrons. The van der Waals surface area contributed by atoms with Gasteiger partial charge in [0.25, 0.3) is 5.91 Å². The summed E-state index contributed by atoms with van der Waals surface area (Å²) in [5.41, 5.74) is 8.39. The summed E-state index contributed by atoms with van der Waals surface area (Å²) in [5, 5.41) is 20.9. The van der Waals surface area contributed by atoms with E-state index in [2.05, 4.69) is 25.4 Å². The Balaban J connectivity index is 1.52. The first-order chi connectivity index (χ1) is 18.2. The summed E-state index contributed by atoms with van der Waals surface area (Å²) < 4.78 is 1.76. The van der Waals surface area contributed by atoms with Gasteiger partial charge in [-0.15, -0.1) is 11.3 Å². The first-order valence-corrected chi connectivity index (χ1v) is 12.7. The lowest BCUT2D eigenvalue weighted by atomic mass is 10.0. The molecule has 0 atom stereocenters. The van der Waals surface area contributed by atoms with Gasteiger partial charge in [0, 0.05) is 70.7 Å². The van der Waals surface area contributed by atoms with Crippen molar-refractivity contribution in [2.24, 2.45) is 5.73 Å². The van der Waals surface area contributed by atoms with Crippen LogP contribution in [0.5, 0.6) is 0 Å². The summed E-state index contributed by atoms with van der Waals surface area (Å²) in [5.74, 6) is -0.988. The normalized spacial score (nSPS) is 11.6. The lowest BCUT2D eigenvalue weighted by Crippen LogP contribution is -2.21. The van der Waals surface area contributed by atoms with Gasteiger partial charge in [0.05, 0.1) is 16.7 Å². The predicted molar refractivity (Wildman–Crippen MR) is 146 cm³/mol. The van der Waals surface area contributed by atoms with Crippen LogP contribution in [0, 0.1) is 0 Å². The van der Waals surface area contributed by atoms with E-state index in [1.807, 2.05) is 30.5 Å². The van der Waals surface area contributed by atoms with Gasteiger partial charge >= 0.3 is 0 Å². The number of hydrogen-bond donors (Lipinski definition) is 3. The minimum atomic E-state index is -0.828. The Morgan fingerprint density at radius 2 is 1.95 bits per heavy atom. The maximum atomic E-state index is 13.3. The van der Waals surface area contributed by atoms with E-state index in [-0.39, 0.29) is 17.2 Å². The average Bonchev–Trinajstić information content (AvgIpc) is 3.54. The number of hydrogen-bond acceptors (Lipinski definition) is 8. The van der Waals surface area contributed by atoms with Crippen LogP contribution >= 0.6 is 11.3 Å². The van der Waals surface area contributed by atoms with E-state index in [1.165, 1.54) is 17.5 Å². The zero-order valence-corrected chi connectivity index (χ0v) is 21.6. The summed E-state index contributed by atoms with van der Waals surface area (Å²) in [4.78, 5) is 37.8. The van der Waals surface area contributed by atoms with Crippen molar-refractivity contribution >= 4 is 39.7 Å². The number of anilines is 1. The monoisotopic (exact) mass is 527 g/mol. The van der Waals surface area contributed by atoms with E-state index < -0.39 is 11.5 Å². The molecule has 4 aromatic heterocycles. The standard InChI is InChI=1S/C27H25N7O3S/c1-27(2,37)5-7-34-14-19-9-22(20(10-21(19)33-34)17-8-18(24(28)35)13-30-12-17)31-25(36)23-15-38-26(32-23)16-4-3-6-29-11-16/h3-4,6,8-15,37H,5,7H2,1-2H3,(H2,28,35)(H,31,36). The number of thiazole rings is 1. The first kappa shape index (κ1) is 25.2. The lowest BCUT2D eigenvalue weighted by molar-refractivity contribution is 0.0651. The van der Waals surface area contributed by atoms with Gasteiger partial charge in [-0.1, -0.05) is 0 Å². The Morgan fingerprint density at radius 3 is 2.68 bits per heavy atom. The number of aliphatic hydroxyl groups is 1. The van der Waals surface area contributed by atoms with Gasteiger partial charge in [0.15, 0.2) is 0 Å². The molecule has 0 saturated carbocycles. The number of amides is 2. The number of nitrogens with two attached hydrogens (primary N) is 1. The molecule has 4 heterocycles. The maximum Gasteiger partial charge on any atom is 0.275 e. The third-order valence-electron chi connectivity index (χ3n) is 5.87. The van der Waals surface area contributed by atoms with Crippen LogP contribution in [0.15, 0.2) is 66.7 Å². The molecule has 1 aromatic carbocycles. The maximum absolute atomic E-state index is 13.3. The number of fused-ring (bicyclic) bond motifs is 1. The molecular weight excluding hydrogens is 502 g/mol. The van der Waals surface area contributed by atoms with E-state index in [9.17, 15) is 14.7 Å². The van der Waals surface area contributed by atoms with Gasteiger partial charge in [-0.05, 0) is 50.6 Å². The summed E-state index contributed by atoms with van der Waals surface area (Å²) >= 11 is 1.35. The topological polar surface area (TPSA) is 149 Å². The summed E-state index contributed by atoms with van der Waals surface area (Å²) in [7, 11) is 0. The molecule has 11 heteroatoms. The molecule has 0 fully saturated rings. The highest BCUT2D eigenvalue weighted by Gasteiger charge is 2.18. The second-order valence-electron chi connectivity index (χ2n) is 9.47. The van der Waals surface area contributed by atoms with Crippen molar-refractivity contribution < 1.29 is 14.7 Å². The molecule has 0 saturated heterocycles. The molecule has 0 spiro atoms. The molecular formula is C27H25N7O3S. The van der Waals surface area contributed by atoms with E-state index in [0.29, 0.717) is 40.3 Å². The highest BCUT2D eigenvalue weighted by Crippen LogP contribution is 2.33. The zero-order chi connectivity index (χ0) is 26.9. The number of pyridine rings is 2. The smallest absolute Gasteiger partial charge is 0.275 e. The SMILES string of the molecule is CC(C)(O)CCn1cc2cc(NC(=O)c3csc(-c4cccnc4)n3)c(-c3cncc(C(N)=O)c3)cc2n1. The predicted octanol–water partition coefficient (Wildman–Crippen LogP) is 4.13. The van der Waals surface area contributed by atoms with Crippen LogP contribution in [0.4, 0.5) is 5.69 Å². The first-order valence-electron chi connectivity index (χ1n) is 11.8. The molecule has 5 aromatic rings. The number of carbonyl (C=O) groups excluding carboxylic acids is 2. The molecule has 192 valence electrons. The Morgan fingerprint density at radius 1 is 1.13 bits per heavy atom. The average molecular weight is 528 g/mol. The largest absolute Gasteiger partial charge is 0.390 e. The van der Waals surface area contributed by atoms with Gasteiger partial charge in [0.1, 0.15) is 10.7 Å². The molecule has 2 amide bonds. The zero-order valence-electron chi connectivity index (χ0n) is 20.8. The number of aromatic nitrogens is 5. The quantitative estimate of drug-likeness (QED) is 0.275. The van der Waals surface area contributed by atoms with Crippen molar-refractivity contribution in [3.05, 3.63) is 78.0 Å². The van der Waals surface area contributed by atoms with E-state index in [4.69, 9.17) is 5.73 Å². The van der Waals surface area contributed by atoms with Crippen molar-refractivity contribution in [2.45, 2.75) is 32.4 Å². The van der Waals surface area contributed by atoms with Crippen molar-refractivity contribution in [2.75, 3.05) is 5.32 Å². The van der Waals surface area contributed by atoms with Gasteiger partial charge in [0.2, 0.25) is 5.91 Å². The number of carbonyl (C=O) groups is 2. The van der Waals surface area contributed by atoms with Crippen molar-refractivity contribution in [3.63, 3.8) is 0 Å². The van der Waals surface area contributed by atoms with Crippen LogP contribution in [0.25, 0.3) is 32.6 Å². The summed E-state index contributed by atoms with van der Waals surface area (Å²) in [6, 6.07) is 8.97. The number of rotatable bonds is 8. The van der Waals surface area contributed by atoms with Gasteiger partial charge in [-0.3, -0.25) is 24.2 Å². The minimum Gasteiger partial charge on any atom is -0.390 e. The Bertz CT molecular complexity index is 1640. The Kier molecular flexibility index (Phi) is 6.70. The van der Waals surface area contributed by atoms with Crippen LogP contribution in [-0.4, -0.2) is 47.3 Å². The van der Waals surface area contributed by atoms with Gasteiger partial charge < -0.3 is 16.2 Å². The fraction of sp³-hybridized carbons (Fsp3) is 0.185. The molecule has 0 aliphatic rings. The summed E-state index contributed by atoms with van der Waals surface area (Å²) in [6.07, 6.45) is 8.74.